The van der Waals surface area contributed by atoms with Crippen LogP contribution in [0.25, 0.3) is 11.4 Å². The summed E-state index contributed by atoms with van der Waals surface area (Å²) in [7, 11) is 2.18. The summed E-state index contributed by atoms with van der Waals surface area (Å²) < 4.78 is 8.06. The van der Waals surface area contributed by atoms with Crippen molar-refractivity contribution in [3.63, 3.8) is 0 Å². The highest BCUT2D eigenvalue weighted by atomic mass is 35.5. The Balaban J connectivity index is 1.61. The molecule has 0 radical (unpaired) electrons. The van der Waals surface area contributed by atoms with Crippen LogP contribution in [0, 0.1) is 0 Å². The van der Waals surface area contributed by atoms with Gasteiger partial charge in [-0.15, -0.1) is 0 Å². The van der Waals surface area contributed by atoms with Gasteiger partial charge < -0.3 is 15.0 Å². The van der Waals surface area contributed by atoms with Crippen LogP contribution < -0.4 is 5.32 Å². The summed E-state index contributed by atoms with van der Waals surface area (Å²) in [6.45, 7) is 4.76. The maximum Gasteiger partial charge on any atom is 0.181 e. The minimum atomic E-state index is 0.163. The Morgan fingerprint density at radius 2 is 2.00 bits per heavy atom. The molecule has 0 saturated carbocycles. The molecule has 140 valence electrons. The molecule has 0 aliphatic carbocycles. The number of rotatable bonds is 4. The summed E-state index contributed by atoms with van der Waals surface area (Å²) in [5.41, 5.74) is 1.00. The lowest BCUT2D eigenvalue weighted by Gasteiger charge is -2.30. The van der Waals surface area contributed by atoms with Crippen molar-refractivity contribution >= 4 is 11.6 Å². The molecule has 3 heterocycles. The minimum absolute atomic E-state index is 0.163. The van der Waals surface area contributed by atoms with Gasteiger partial charge in [0.1, 0.15) is 5.82 Å². The Hall–Kier alpha value is -1.47. The number of morpholine rings is 1. The van der Waals surface area contributed by atoms with Gasteiger partial charge in [0.2, 0.25) is 0 Å². The third kappa shape index (κ3) is 4.09. The highest BCUT2D eigenvalue weighted by Gasteiger charge is 2.25. The highest BCUT2D eigenvalue weighted by molar-refractivity contribution is 6.30. The van der Waals surface area contributed by atoms with Crippen LogP contribution in [0.2, 0.25) is 5.02 Å². The normalized spacial score (nSPS) is 22.6. The Bertz CT molecular complexity index is 718. The van der Waals surface area contributed by atoms with E-state index < -0.39 is 0 Å². The fourth-order valence-electron chi connectivity index (χ4n) is 3.70. The van der Waals surface area contributed by atoms with Gasteiger partial charge in [-0.05, 0) is 57.2 Å². The fraction of sp³-hybridized carbons (Fsp3) is 0.579. The van der Waals surface area contributed by atoms with Gasteiger partial charge in [-0.2, -0.15) is 5.10 Å². The van der Waals surface area contributed by atoms with Crippen molar-refractivity contribution in [3.05, 3.63) is 35.1 Å². The molecule has 6 nitrogen and oxygen atoms in total. The van der Waals surface area contributed by atoms with E-state index in [1.807, 2.05) is 24.3 Å². The van der Waals surface area contributed by atoms with Crippen molar-refractivity contribution in [1.29, 1.82) is 0 Å². The van der Waals surface area contributed by atoms with E-state index in [1.54, 1.807) is 0 Å². The van der Waals surface area contributed by atoms with Crippen molar-refractivity contribution in [1.82, 2.24) is 25.0 Å². The first-order chi connectivity index (χ1) is 12.7. The molecule has 1 aromatic heterocycles. The molecule has 0 spiro atoms. The van der Waals surface area contributed by atoms with E-state index in [1.165, 1.54) is 0 Å². The fourth-order valence-corrected chi connectivity index (χ4v) is 3.83. The number of hydrogen-bond acceptors (Lipinski definition) is 5. The number of halogens is 1. The van der Waals surface area contributed by atoms with Crippen LogP contribution in [-0.4, -0.2) is 65.6 Å². The van der Waals surface area contributed by atoms with Gasteiger partial charge in [0.25, 0.3) is 0 Å². The quantitative estimate of drug-likeness (QED) is 0.889. The Morgan fingerprint density at radius 1 is 1.23 bits per heavy atom. The smallest absolute Gasteiger partial charge is 0.181 e. The molecular weight excluding hydrogens is 350 g/mol. The standard InChI is InChI=1S/C19H26ClN5O/c1-24-9-6-16(7-10-24)25-18(12-17-13-21-8-11-26-17)22-19(23-25)14-2-4-15(20)5-3-14/h2-5,16-17,21H,6-13H2,1H3/t17-/m1/s1. The van der Waals surface area contributed by atoms with Crippen LogP contribution in [0.15, 0.2) is 24.3 Å². The molecule has 2 fully saturated rings. The second kappa shape index (κ2) is 8.05. The summed E-state index contributed by atoms with van der Waals surface area (Å²) >= 11 is 6.03. The van der Waals surface area contributed by atoms with Crippen molar-refractivity contribution < 1.29 is 4.74 Å². The van der Waals surface area contributed by atoms with Crippen LogP contribution in [0.5, 0.6) is 0 Å². The Kier molecular flexibility index (Phi) is 5.55. The van der Waals surface area contributed by atoms with E-state index in [2.05, 4.69) is 21.9 Å². The number of ether oxygens (including phenoxy) is 1. The van der Waals surface area contributed by atoms with Gasteiger partial charge in [0.05, 0.1) is 18.8 Å². The average molecular weight is 376 g/mol. The largest absolute Gasteiger partial charge is 0.375 e. The van der Waals surface area contributed by atoms with Crippen LogP contribution in [0.4, 0.5) is 0 Å². The second-order valence-corrected chi connectivity index (χ2v) is 7.68. The van der Waals surface area contributed by atoms with Gasteiger partial charge in [0.15, 0.2) is 5.82 Å². The van der Waals surface area contributed by atoms with Gasteiger partial charge >= 0.3 is 0 Å². The Labute approximate surface area is 159 Å². The van der Waals surface area contributed by atoms with Crippen LogP contribution >= 0.6 is 11.6 Å². The maximum atomic E-state index is 6.03. The number of benzene rings is 1. The minimum Gasteiger partial charge on any atom is -0.375 e. The molecule has 2 aliphatic rings. The molecule has 1 atom stereocenters. The van der Waals surface area contributed by atoms with E-state index in [9.17, 15) is 0 Å². The van der Waals surface area contributed by atoms with Crippen molar-refractivity contribution in [2.45, 2.75) is 31.4 Å². The summed E-state index contributed by atoms with van der Waals surface area (Å²) in [5.74, 6) is 1.80. The van der Waals surface area contributed by atoms with Gasteiger partial charge in [-0.1, -0.05) is 11.6 Å². The van der Waals surface area contributed by atoms with Crippen LogP contribution in [0.3, 0.4) is 0 Å². The van der Waals surface area contributed by atoms with Gasteiger partial charge in [-0.3, -0.25) is 0 Å². The SMILES string of the molecule is CN1CCC(n2nc(-c3ccc(Cl)cc3)nc2C[C@@H]2CNCCO2)CC1. The lowest BCUT2D eigenvalue weighted by molar-refractivity contribution is 0.0269. The molecule has 0 unspecified atom stereocenters. The molecular formula is C19H26ClN5O. The molecule has 2 saturated heterocycles. The molecule has 0 bridgehead atoms. The first kappa shape index (κ1) is 17.9. The third-order valence-corrected chi connectivity index (χ3v) is 5.50. The average Bonchev–Trinajstić information content (AvgIpc) is 3.07. The number of hydrogen-bond donors (Lipinski definition) is 1. The summed E-state index contributed by atoms with van der Waals surface area (Å²) in [6, 6.07) is 8.16. The predicted molar refractivity (Wildman–Crippen MR) is 103 cm³/mol. The first-order valence-corrected chi connectivity index (χ1v) is 9.79. The molecule has 1 aromatic carbocycles. The molecule has 0 amide bonds. The number of piperidine rings is 1. The summed E-state index contributed by atoms with van der Waals surface area (Å²) in [4.78, 5) is 7.26. The number of likely N-dealkylation sites (tertiary alicyclic amines) is 1. The van der Waals surface area contributed by atoms with E-state index in [0.29, 0.717) is 6.04 Å². The highest BCUT2D eigenvalue weighted by Crippen LogP contribution is 2.26. The number of aromatic nitrogens is 3. The summed E-state index contributed by atoms with van der Waals surface area (Å²) in [5, 5.41) is 9.02. The van der Waals surface area contributed by atoms with Gasteiger partial charge in [-0.25, -0.2) is 9.67 Å². The molecule has 7 heteroatoms. The van der Waals surface area contributed by atoms with Crippen molar-refractivity contribution in [2.75, 3.05) is 39.8 Å². The molecule has 4 rings (SSSR count). The van der Waals surface area contributed by atoms with E-state index in [0.717, 1.165) is 74.3 Å². The number of nitrogens with one attached hydrogen (secondary N) is 1. The zero-order valence-electron chi connectivity index (χ0n) is 15.2. The predicted octanol–water partition coefficient (Wildman–Crippen LogP) is 2.40. The maximum absolute atomic E-state index is 6.03. The lowest BCUT2D eigenvalue weighted by atomic mass is 10.1. The second-order valence-electron chi connectivity index (χ2n) is 7.24. The molecule has 2 aliphatic heterocycles. The number of nitrogens with zero attached hydrogens (tertiary/aromatic N) is 4. The molecule has 1 N–H and O–H groups in total. The van der Waals surface area contributed by atoms with E-state index in [-0.39, 0.29) is 6.10 Å². The van der Waals surface area contributed by atoms with Crippen LogP contribution in [-0.2, 0) is 11.2 Å². The van der Waals surface area contributed by atoms with Crippen molar-refractivity contribution in [2.24, 2.45) is 0 Å². The zero-order chi connectivity index (χ0) is 17.9. The third-order valence-electron chi connectivity index (χ3n) is 5.25. The van der Waals surface area contributed by atoms with E-state index >= 15 is 0 Å². The van der Waals surface area contributed by atoms with Gasteiger partial charge in [0, 0.05) is 30.1 Å². The topological polar surface area (TPSA) is 55.2 Å². The molecule has 2 aromatic rings. The Morgan fingerprint density at radius 3 is 2.69 bits per heavy atom. The zero-order valence-corrected chi connectivity index (χ0v) is 16.0. The lowest BCUT2D eigenvalue weighted by Crippen LogP contribution is -2.40. The summed E-state index contributed by atoms with van der Waals surface area (Å²) in [6.07, 6.45) is 3.17. The van der Waals surface area contributed by atoms with E-state index in [4.69, 9.17) is 26.4 Å². The van der Waals surface area contributed by atoms with Crippen molar-refractivity contribution in [3.8, 4) is 11.4 Å². The first-order valence-electron chi connectivity index (χ1n) is 9.41. The molecule has 26 heavy (non-hydrogen) atoms. The monoisotopic (exact) mass is 375 g/mol. The van der Waals surface area contributed by atoms with Crippen LogP contribution in [0.1, 0.15) is 24.7 Å².